The fourth-order valence-electron chi connectivity index (χ4n) is 1.85. The van der Waals surface area contributed by atoms with Crippen LogP contribution >= 0.6 is 22.9 Å². The molecule has 1 aromatic carbocycles. The Morgan fingerprint density at radius 1 is 1.48 bits per heavy atom. The number of hydrogen-bond acceptors (Lipinski definition) is 4. The second-order valence-corrected chi connectivity index (χ2v) is 5.98. The van der Waals surface area contributed by atoms with E-state index < -0.39 is 0 Å². The second-order valence-electron chi connectivity index (χ2n) is 4.55. The molecule has 0 fully saturated rings. The predicted octanol–water partition coefficient (Wildman–Crippen LogP) is 3.54. The van der Waals surface area contributed by atoms with Crippen molar-refractivity contribution < 1.29 is 9.53 Å². The molecule has 1 aromatic heterocycles. The highest BCUT2D eigenvalue weighted by Crippen LogP contribution is 2.29. The minimum absolute atomic E-state index is 0.0885. The third-order valence-electron chi connectivity index (χ3n) is 2.89. The summed E-state index contributed by atoms with van der Waals surface area (Å²) in [4.78, 5) is 17.2. The van der Waals surface area contributed by atoms with Gasteiger partial charge in [0.1, 0.15) is 9.88 Å². The van der Waals surface area contributed by atoms with Crippen LogP contribution < -0.4 is 5.32 Å². The number of nitrogens with one attached hydrogen (secondary N) is 1. The molecule has 112 valence electrons. The predicted molar refractivity (Wildman–Crippen MR) is 86.1 cm³/mol. The van der Waals surface area contributed by atoms with E-state index in [1.54, 1.807) is 7.11 Å². The lowest BCUT2D eigenvalue weighted by Gasteiger charge is -2.03. The Bertz CT molecular complexity index is 628. The van der Waals surface area contributed by atoms with E-state index >= 15 is 0 Å². The van der Waals surface area contributed by atoms with Gasteiger partial charge in [0.15, 0.2) is 0 Å². The van der Waals surface area contributed by atoms with Gasteiger partial charge in [0.2, 0.25) is 0 Å². The van der Waals surface area contributed by atoms with Crippen molar-refractivity contribution in [1.82, 2.24) is 10.3 Å². The molecule has 0 radical (unpaired) electrons. The molecule has 0 aliphatic carbocycles. The monoisotopic (exact) mass is 324 g/mol. The van der Waals surface area contributed by atoms with Gasteiger partial charge in [0.05, 0.1) is 5.69 Å². The number of halogens is 1. The summed E-state index contributed by atoms with van der Waals surface area (Å²) >= 11 is 7.37. The molecular formula is C15H17ClN2O2S. The first-order valence-electron chi connectivity index (χ1n) is 6.62. The van der Waals surface area contributed by atoms with Gasteiger partial charge in [-0.05, 0) is 25.5 Å². The third kappa shape index (κ3) is 4.27. The lowest BCUT2D eigenvalue weighted by molar-refractivity contribution is 0.0952. The van der Waals surface area contributed by atoms with Gasteiger partial charge in [-0.3, -0.25) is 4.79 Å². The standard InChI is InChI=1S/C15H17ClN2O2S/c1-10-13(14(19)17-7-4-8-20-2)21-15(18-10)11-5-3-6-12(16)9-11/h3,5-6,9H,4,7-8H2,1-2H3,(H,17,19). The van der Waals surface area contributed by atoms with Crippen LogP contribution in [0, 0.1) is 6.92 Å². The molecular weight excluding hydrogens is 308 g/mol. The molecule has 0 aliphatic heterocycles. The first kappa shape index (κ1) is 15.9. The maximum Gasteiger partial charge on any atom is 0.263 e. The van der Waals surface area contributed by atoms with Crippen molar-refractivity contribution >= 4 is 28.8 Å². The molecule has 0 atom stereocenters. The zero-order valence-electron chi connectivity index (χ0n) is 12.0. The summed E-state index contributed by atoms with van der Waals surface area (Å²) in [7, 11) is 1.65. The lowest BCUT2D eigenvalue weighted by Crippen LogP contribution is -2.24. The first-order chi connectivity index (χ1) is 10.1. The highest BCUT2D eigenvalue weighted by molar-refractivity contribution is 7.17. The Balaban J connectivity index is 2.10. The number of hydrogen-bond donors (Lipinski definition) is 1. The largest absolute Gasteiger partial charge is 0.385 e. The van der Waals surface area contributed by atoms with Gasteiger partial charge in [0.25, 0.3) is 5.91 Å². The Labute approximate surface area is 133 Å². The van der Waals surface area contributed by atoms with Crippen LogP contribution in [0.15, 0.2) is 24.3 Å². The molecule has 1 N–H and O–H groups in total. The van der Waals surface area contributed by atoms with Crippen molar-refractivity contribution in [2.24, 2.45) is 0 Å². The Morgan fingerprint density at radius 2 is 2.29 bits per heavy atom. The van der Waals surface area contributed by atoms with Gasteiger partial charge >= 0.3 is 0 Å². The SMILES string of the molecule is COCCCNC(=O)c1sc(-c2cccc(Cl)c2)nc1C. The number of carbonyl (C=O) groups is 1. The minimum atomic E-state index is -0.0885. The van der Waals surface area contributed by atoms with Gasteiger partial charge in [-0.25, -0.2) is 4.98 Å². The molecule has 1 amide bonds. The van der Waals surface area contributed by atoms with Gasteiger partial charge in [-0.1, -0.05) is 23.7 Å². The number of benzene rings is 1. The van der Waals surface area contributed by atoms with Crippen molar-refractivity contribution in [2.75, 3.05) is 20.3 Å². The zero-order valence-corrected chi connectivity index (χ0v) is 13.6. The summed E-state index contributed by atoms with van der Waals surface area (Å²) < 4.78 is 4.95. The first-order valence-corrected chi connectivity index (χ1v) is 7.81. The van der Waals surface area contributed by atoms with Crippen molar-refractivity contribution in [1.29, 1.82) is 0 Å². The van der Waals surface area contributed by atoms with E-state index in [2.05, 4.69) is 10.3 Å². The Hall–Kier alpha value is -1.43. The van der Waals surface area contributed by atoms with Crippen LogP contribution in [0.4, 0.5) is 0 Å². The molecule has 21 heavy (non-hydrogen) atoms. The van der Waals surface area contributed by atoms with E-state index in [-0.39, 0.29) is 5.91 Å². The molecule has 2 rings (SSSR count). The van der Waals surface area contributed by atoms with E-state index in [1.165, 1.54) is 11.3 Å². The Kier molecular flexibility index (Phi) is 5.73. The topological polar surface area (TPSA) is 51.2 Å². The van der Waals surface area contributed by atoms with Gasteiger partial charge in [-0.2, -0.15) is 0 Å². The van der Waals surface area contributed by atoms with E-state index in [9.17, 15) is 4.79 Å². The van der Waals surface area contributed by atoms with Crippen LogP contribution in [0.2, 0.25) is 5.02 Å². The maximum absolute atomic E-state index is 12.1. The van der Waals surface area contributed by atoms with Gasteiger partial charge in [-0.15, -0.1) is 11.3 Å². The molecule has 0 bridgehead atoms. The minimum Gasteiger partial charge on any atom is -0.385 e. The normalized spacial score (nSPS) is 10.6. The second kappa shape index (κ2) is 7.54. The van der Waals surface area contributed by atoms with E-state index in [0.717, 1.165) is 22.7 Å². The number of amides is 1. The lowest BCUT2D eigenvalue weighted by atomic mass is 10.2. The number of rotatable bonds is 6. The van der Waals surface area contributed by atoms with E-state index in [0.29, 0.717) is 23.1 Å². The van der Waals surface area contributed by atoms with Crippen molar-refractivity contribution in [2.45, 2.75) is 13.3 Å². The van der Waals surface area contributed by atoms with Crippen LogP contribution in [-0.4, -0.2) is 31.2 Å². The zero-order chi connectivity index (χ0) is 15.2. The maximum atomic E-state index is 12.1. The van der Waals surface area contributed by atoms with Crippen LogP contribution in [0.3, 0.4) is 0 Å². The average molecular weight is 325 g/mol. The molecule has 1 heterocycles. The molecule has 0 saturated heterocycles. The number of nitrogens with zero attached hydrogens (tertiary/aromatic N) is 1. The molecule has 0 spiro atoms. The number of aryl methyl sites for hydroxylation is 1. The average Bonchev–Trinajstić information content (AvgIpc) is 2.85. The number of aromatic nitrogens is 1. The summed E-state index contributed by atoms with van der Waals surface area (Å²) in [6.45, 7) is 3.07. The van der Waals surface area contributed by atoms with Crippen molar-refractivity contribution in [3.63, 3.8) is 0 Å². The van der Waals surface area contributed by atoms with Crippen LogP contribution in [-0.2, 0) is 4.74 Å². The van der Waals surface area contributed by atoms with E-state index in [4.69, 9.17) is 16.3 Å². The highest BCUT2D eigenvalue weighted by Gasteiger charge is 2.15. The fraction of sp³-hybridized carbons (Fsp3) is 0.333. The number of thiazole rings is 1. The van der Waals surface area contributed by atoms with Crippen LogP contribution in [0.5, 0.6) is 0 Å². The van der Waals surface area contributed by atoms with Gasteiger partial charge < -0.3 is 10.1 Å². The molecule has 6 heteroatoms. The van der Waals surface area contributed by atoms with Crippen LogP contribution in [0.25, 0.3) is 10.6 Å². The highest BCUT2D eigenvalue weighted by atomic mass is 35.5. The smallest absolute Gasteiger partial charge is 0.263 e. The quantitative estimate of drug-likeness (QED) is 0.827. The number of ether oxygens (including phenoxy) is 1. The molecule has 0 unspecified atom stereocenters. The van der Waals surface area contributed by atoms with Crippen LogP contribution in [0.1, 0.15) is 21.8 Å². The molecule has 0 saturated carbocycles. The van der Waals surface area contributed by atoms with E-state index in [1.807, 2.05) is 31.2 Å². The Morgan fingerprint density at radius 3 is 3.00 bits per heavy atom. The number of methoxy groups -OCH3 is 1. The summed E-state index contributed by atoms with van der Waals surface area (Å²) in [6, 6.07) is 7.47. The van der Waals surface area contributed by atoms with Gasteiger partial charge in [0, 0.05) is 30.8 Å². The third-order valence-corrected chi connectivity index (χ3v) is 4.33. The molecule has 0 aliphatic rings. The summed E-state index contributed by atoms with van der Waals surface area (Å²) in [5.74, 6) is -0.0885. The van der Waals surface area contributed by atoms with Crippen molar-refractivity contribution in [3.8, 4) is 10.6 Å². The molecule has 2 aromatic rings. The summed E-state index contributed by atoms with van der Waals surface area (Å²) in [5, 5.41) is 4.34. The number of carbonyl (C=O) groups excluding carboxylic acids is 1. The molecule has 4 nitrogen and oxygen atoms in total. The van der Waals surface area contributed by atoms with Crippen molar-refractivity contribution in [3.05, 3.63) is 39.9 Å². The fourth-order valence-corrected chi connectivity index (χ4v) is 3.02. The summed E-state index contributed by atoms with van der Waals surface area (Å²) in [6.07, 6.45) is 0.793. The summed E-state index contributed by atoms with van der Waals surface area (Å²) in [5.41, 5.74) is 1.66.